The number of fused-ring (bicyclic) bond motifs is 1. The average Bonchev–Trinajstić information content (AvgIpc) is 3.37. The molecule has 0 unspecified atom stereocenters. The maximum Gasteiger partial charge on any atom is 0.240 e. The fraction of sp³-hybridized carbons (Fsp3) is 0.300. The molecule has 1 atom stereocenters. The Kier molecular flexibility index (Phi) is 5.48. The highest BCUT2D eigenvalue weighted by molar-refractivity contribution is 7.89. The lowest BCUT2D eigenvalue weighted by atomic mass is 9.92. The van der Waals surface area contributed by atoms with Gasteiger partial charge in [0.15, 0.2) is 0 Å². The standard InChI is InChI=1S/C20H21NO3S3/c22-20(16-9-10-25-13-16)19-8-6-17(26-19)12-21-27(23,24)18-7-5-14-3-1-2-4-15(14)11-18/h5-11,13,20-22H,1-4,12H2/t20-/m0/s1. The third kappa shape index (κ3) is 4.17. The van der Waals surface area contributed by atoms with Crippen molar-refractivity contribution in [1.82, 2.24) is 4.72 Å². The van der Waals surface area contributed by atoms with Crippen LogP contribution in [0.2, 0.25) is 0 Å². The van der Waals surface area contributed by atoms with E-state index in [1.165, 1.54) is 23.3 Å². The van der Waals surface area contributed by atoms with Crippen molar-refractivity contribution in [2.24, 2.45) is 0 Å². The van der Waals surface area contributed by atoms with E-state index in [-0.39, 0.29) is 6.54 Å². The van der Waals surface area contributed by atoms with Gasteiger partial charge in [0.1, 0.15) is 6.10 Å². The highest BCUT2D eigenvalue weighted by Gasteiger charge is 2.19. The van der Waals surface area contributed by atoms with E-state index in [1.54, 1.807) is 17.4 Å². The molecular formula is C20H21NO3S3. The maximum atomic E-state index is 12.7. The van der Waals surface area contributed by atoms with Crippen molar-refractivity contribution in [3.8, 4) is 0 Å². The lowest BCUT2D eigenvalue weighted by Crippen LogP contribution is -2.23. The van der Waals surface area contributed by atoms with E-state index >= 15 is 0 Å². The second-order valence-electron chi connectivity index (χ2n) is 6.73. The molecule has 1 aliphatic rings. The first-order chi connectivity index (χ1) is 13.0. The first-order valence-electron chi connectivity index (χ1n) is 8.93. The number of thiophene rings is 2. The number of aliphatic hydroxyl groups is 1. The van der Waals surface area contributed by atoms with Crippen molar-refractivity contribution in [3.63, 3.8) is 0 Å². The molecule has 7 heteroatoms. The molecule has 27 heavy (non-hydrogen) atoms. The van der Waals surface area contributed by atoms with Gasteiger partial charge in [-0.25, -0.2) is 13.1 Å². The highest BCUT2D eigenvalue weighted by atomic mass is 32.2. The van der Waals surface area contributed by atoms with E-state index < -0.39 is 16.1 Å². The number of nitrogens with one attached hydrogen (secondary N) is 1. The van der Waals surface area contributed by atoms with Crippen LogP contribution < -0.4 is 4.72 Å². The number of rotatable bonds is 6. The van der Waals surface area contributed by atoms with Crippen molar-refractivity contribution in [1.29, 1.82) is 0 Å². The first-order valence-corrected chi connectivity index (χ1v) is 12.2. The van der Waals surface area contributed by atoms with E-state index in [0.717, 1.165) is 40.1 Å². The minimum absolute atomic E-state index is 0.223. The van der Waals surface area contributed by atoms with Crippen LogP contribution >= 0.6 is 22.7 Å². The van der Waals surface area contributed by atoms with E-state index in [1.807, 2.05) is 41.1 Å². The van der Waals surface area contributed by atoms with Crippen LogP contribution in [0.5, 0.6) is 0 Å². The first kappa shape index (κ1) is 18.8. The minimum atomic E-state index is -3.55. The Bertz CT molecular complexity index is 1020. The van der Waals surface area contributed by atoms with Gasteiger partial charge in [-0.2, -0.15) is 11.3 Å². The molecule has 0 radical (unpaired) electrons. The van der Waals surface area contributed by atoms with Crippen LogP contribution in [0.1, 0.15) is 45.4 Å². The fourth-order valence-corrected chi connectivity index (χ4v) is 6.15. The number of benzene rings is 1. The third-order valence-electron chi connectivity index (χ3n) is 4.88. The Balaban J connectivity index is 1.45. The van der Waals surface area contributed by atoms with Crippen molar-refractivity contribution in [2.75, 3.05) is 0 Å². The van der Waals surface area contributed by atoms with Crippen LogP contribution in [-0.2, 0) is 29.4 Å². The summed E-state index contributed by atoms with van der Waals surface area (Å²) in [7, 11) is -3.55. The summed E-state index contributed by atoms with van der Waals surface area (Å²) in [5.41, 5.74) is 3.29. The van der Waals surface area contributed by atoms with Gasteiger partial charge in [-0.3, -0.25) is 0 Å². The molecule has 2 heterocycles. The van der Waals surface area contributed by atoms with Crippen LogP contribution in [-0.4, -0.2) is 13.5 Å². The Morgan fingerprint density at radius 2 is 1.89 bits per heavy atom. The van der Waals surface area contributed by atoms with Gasteiger partial charge >= 0.3 is 0 Å². The number of aryl methyl sites for hydroxylation is 2. The Labute approximate surface area is 167 Å². The van der Waals surface area contributed by atoms with Crippen LogP contribution in [0.3, 0.4) is 0 Å². The SMILES string of the molecule is O=S(=O)(NCc1ccc([C@@H](O)c2ccsc2)s1)c1ccc2c(c1)CCCC2. The molecule has 4 rings (SSSR count). The quantitative estimate of drug-likeness (QED) is 0.628. The molecule has 0 spiro atoms. The molecule has 0 amide bonds. The largest absolute Gasteiger partial charge is 0.383 e. The molecule has 0 saturated heterocycles. The van der Waals surface area contributed by atoms with Crippen molar-refractivity contribution in [2.45, 2.75) is 43.2 Å². The Morgan fingerprint density at radius 3 is 2.67 bits per heavy atom. The molecule has 2 aromatic heterocycles. The summed E-state index contributed by atoms with van der Waals surface area (Å²) in [6.45, 7) is 0.223. The van der Waals surface area contributed by atoms with Crippen LogP contribution in [0.15, 0.2) is 52.1 Å². The van der Waals surface area contributed by atoms with E-state index in [0.29, 0.717) is 4.90 Å². The van der Waals surface area contributed by atoms with Crippen molar-refractivity contribution in [3.05, 3.63) is 73.6 Å². The second kappa shape index (κ2) is 7.85. The Hall–Kier alpha value is -1.51. The van der Waals surface area contributed by atoms with Gasteiger partial charge in [0.25, 0.3) is 0 Å². The molecule has 3 aromatic rings. The zero-order chi connectivity index (χ0) is 18.9. The summed E-state index contributed by atoms with van der Waals surface area (Å²) in [5.74, 6) is 0. The van der Waals surface area contributed by atoms with Crippen LogP contribution in [0.25, 0.3) is 0 Å². The van der Waals surface area contributed by atoms with Gasteiger partial charge in [-0.15, -0.1) is 11.3 Å². The molecule has 0 saturated carbocycles. The monoisotopic (exact) mass is 419 g/mol. The van der Waals surface area contributed by atoms with Gasteiger partial charge in [0.2, 0.25) is 10.0 Å². The normalized spacial score (nSPS) is 15.4. The third-order valence-corrected chi connectivity index (χ3v) is 8.12. The molecule has 1 aromatic carbocycles. The molecule has 142 valence electrons. The summed E-state index contributed by atoms with van der Waals surface area (Å²) >= 11 is 2.97. The summed E-state index contributed by atoms with van der Waals surface area (Å²) in [4.78, 5) is 2.02. The molecule has 4 nitrogen and oxygen atoms in total. The van der Waals surface area contributed by atoms with Crippen LogP contribution in [0.4, 0.5) is 0 Å². The van der Waals surface area contributed by atoms with Gasteiger partial charge in [-0.1, -0.05) is 6.07 Å². The highest BCUT2D eigenvalue weighted by Crippen LogP contribution is 2.30. The van der Waals surface area contributed by atoms with Gasteiger partial charge in [-0.05, 0) is 83.5 Å². The smallest absolute Gasteiger partial charge is 0.240 e. The second-order valence-corrected chi connectivity index (χ2v) is 10.5. The lowest BCUT2D eigenvalue weighted by molar-refractivity contribution is 0.224. The topological polar surface area (TPSA) is 66.4 Å². The predicted octanol–water partition coefficient (Wildman–Crippen LogP) is 4.25. The molecular weight excluding hydrogens is 398 g/mol. The van der Waals surface area contributed by atoms with Crippen molar-refractivity contribution >= 4 is 32.7 Å². The predicted molar refractivity (Wildman–Crippen MR) is 110 cm³/mol. The zero-order valence-corrected chi connectivity index (χ0v) is 17.2. The van der Waals surface area contributed by atoms with Gasteiger partial charge < -0.3 is 5.11 Å². The lowest BCUT2D eigenvalue weighted by Gasteiger charge is -2.16. The molecule has 0 bridgehead atoms. The molecule has 2 N–H and O–H groups in total. The summed E-state index contributed by atoms with van der Waals surface area (Å²) in [6.07, 6.45) is 3.62. The van der Waals surface area contributed by atoms with Crippen LogP contribution in [0, 0.1) is 0 Å². The van der Waals surface area contributed by atoms with E-state index in [2.05, 4.69) is 4.72 Å². The molecule has 0 aliphatic heterocycles. The number of hydrogen-bond donors (Lipinski definition) is 2. The maximum absolute atomic E-state index is 12.7. The Morgan fingerprint density at radius 1 is 1.07 bits per heavy atom. The number of aliphatic hydroxyl groups excluding tert-OH is 1. The summed E-state index contributed by atoms with van der Waals surface area (Å²) in [5, 5.41) is 14.2. The fourth-order valence-electron chi connectivity index (χ4n) is 3.36. The van der Waals surface area contributed by atoms with Crippen molar-refractivity contribution < 1.29 is 13.5 Å². The van der Waals surface area contributed by atoms with E-state index in [4.69, 9.17) is 0 Å². The minimum Gasteiger partial charge on any atom is -0.383 e. The number of sulfonamides is 1. The molecule has 1 aliphatic carbocycles. The van der Waals surface area contributed by atoms with E-state index in [9.17, 15) is 13.5 Å². The number of hydrogen-bond acceptors (Lipinski definition) is 5. The van der Waals surface area contributed by atoms with Gasteiger partial charge in [0.05, 0.1) is 4.90 Å². The zero-order valence-electron chi connectivity index (χ0n) is 14.7. The van der Waals surface area contributed by atoms with Gasteiger partial charge in [0, 0.05) is 16.3 Å². The molecule has 0 fully saturated rings. The average molecular weight is 420 g/mol. The summed E-state index contributed by atoms with van der Waals surface area (Å²) in [6, 6.07) is 11.1. The summed E-state index contributed by atoms with van der Waals surface area (Å²) < 4.78 is 28.0.